The molecule has 106 valence electrons. The fourth-order valence-electron chi connectivity index (χ4n) is 2.50. The molecular formula is C15H21Br2NO. The van der Waals surface area contributed by atoms with E-state index in [1.807, 2.05) is 6.07 Å². The molecule has 1 aromatic carbocycles. The van der Waals surface area contributed by atoms with Crippen LogP contribution in [0.1, 0.15) is 45.1 Å². The molecule has 0 heterocycles. The van der Waals surface area contributed by atoms with Gasteiger partial charge in [0, 0.05) is 22.6 Å². The lowest BCUT2D eigenvalue weighted by Crippen LogP contribution is -2.25. The molecule has 0 saturated heterocycles. The Morgan fingerprint density at radius 1 is 1.26 bits per heavy atom. The van der Waals surface area contributed by atoms with E-state index >= 15 is 0 Å². The maximum Gasteiger partial charge on any atom is 0.138 e. The van der Waals surface area contributed by atoms with Gasteiger partial charge in [0.1, 0.15) is 5.75 Å². The molecule has 0 unspecified atom stereocenters. The van der Waals surface area contributed by atoms with E-state index in [2.05, 4.69) is 57.1 Å². The zero-order chi connectivity index (χ0) is 13.8. The number of hydrogen-bond donors (Lipinski definition) is 1. The fraction of sp³-hybridized carbons (Fsp3) is 0.600. The van der Waals surface area contributed by atoms with E-state index in [9.17, 15) is 0 Å². The van der Waals surface area contributed by atoms with Crippen LogP contribution in [0.5, 0.6) is 5.75 Å². The largest absolute Gasteiger partial charge is 0.489 e. The minimum Gasteiger partial charge on any atom is -0.489 e. The van der Waals surface area contributed by atoms with Crippen molar-refractivity contribution in [3.63, 3.8) is 0 Å². The molecule has 0 spiro atoms. The van der Waals surface area contributed by atoms with Crippen molar-refractivity contribution in [2.75, 3.05) is 0 Å². The maximum absolute atomic E-state index is 5.94. The van der Waals surface area contributed by atoms with Crippen molar-refractivity contribution in [1.82, 2.24) is 5.32 Å². The Balaban J connectivity index is 2.11. The lowest BCUT2D eigenvalue weighted by molar-refractivity contribution is 0.237. The number of benzene rings is 1. The normalized spacial score (nSPS) is 16.3. The molecule has 0 radical (unpaired) electrons. The van der Waals surface area contributed by atoms with Crippen molar-refractivity contribution in [3.05, 3.63) is 26.6 Å². The van der Waals surface area contributed by atoms with Gasteiger partial charge in [-0.1, -0.05) is 28.8 Å². The zero-order valence-corrected chi connectivity index (χ0v) is 14.7. The first kappa shape index (κ1) is 15.3. The number of halogens is 2. The molecule has 1 aromatic rings. The summed E-state index contributed by atoms with van der Waals surface area (Å²) in [6.07, 6.45) is 5.50. The van der Waals surface area contributed by atoms with Crippen LogP contribution in [0.3, 0.4) is 0 Å². The summed E-state index contributed by atoms with van der Waals surface area (Å²) in [5.74, 6) is 0.962. The molecule has 0 bridgehead atoms. The van der Waals surface area contributed by atoms with E-state index in [0.29, 0.717) is 6.04 Å². The van der Waals surface area contributed by atoms with Crippen LogP contribution in [0.4, 0.5) is 0 Å². The molecule has 0 aromatic heterocycles. The lowest BCUT2D eigenvalue weighted by Gasteiger charge is -2.18. The quantitative estimate of drug-likeness (QED) is 0.760. The highest BCUT2D eigenvalue weighted by Gasteiger charge is 2.16. The molecule has 19 heavy (non-hydrogen) atoms. The number of ether oxygens (including phenoxy) is 1. The van der Waals surface area contributed by atoms with Crippen LogP contribution < -0.4 is 10.1 Å². The third-order valence-electron chi connectivity index (χ3n) is 3.38. The van der Waals surface area contributed by atoms with Gasteiger partial charge >= 0.3 is 0 Å². The minimum atomic E-state index is 0.183. The molecular weight excluding hydrogens is 370 g/mol. The molecule has 2 nitrogen and oxygen atoms in total. The lowest BCUT2D eigenvalue weighted by atomic mass is 10.1. The van der Waals surface area contributed by atoms with Gasteiger partial charge in [-0.15, -0.1) is 0 Å². The number of nitrogens with one attached hydrogen (secondary N) is 1. The molecule has 0 atom stereocenters. The van der Waals surface area contributed by atoms with Gasteiger partial charge in [-0.3, -0.25) is 0 Å². The molecule has 0 amide bonds. The monoisotopic (exact) mass is 389 g/mol. The summed E-state index contributed by atoms with van der Waals surface area (Å²) in [4.78, 5) is 0. The van der Waals surface area contributed by atoms with Crippen molar-refractivity contribution in [2.24, 2.45) is 0 Å². The van der Waals surface area contributed by atoms with E-state index in [1.165, 1.54) is 31.2 Å². The third kappa shape index (κ3) is 4.47. The molecule has 1 fully saturated rings. The van der Waals surface area contributed by atoms with E-state index in [1.54, 1.807) is 0 Å². The van der Waals surface area contributed by atoms with Crippen LogP contribution in [0.25, 0.3) is 0 Å². The van der Waals surface area contributed by atoms with Crippen LogP contribution in [0.15, 0.2) is 21.1 Å². The Kier molecular flexibility index (Phi) is 5.72. The molecule has 4 heteroatoms. The standard InChI is InChI=1S/C15H21Br2NO/c1-10(2)19-15-11(7-12(16)8-14(15)17)9-18-13-5-3-4-6-13/h7-8,10,13,18H,3-6,9H2,1-2H3. The third-order valence-corrected chi connectivity index (χ3v) is 4.42. The Hall–Kier alpha value is -0.0600. The van der Waals surface area contributed by atoms with Crippen LogP contribution in [0, 0.1) is 0 Å². The van der Waals surface area contributed by atoms with Crippen molar-refractivity contribution < 1.29 is 4.74 Å². The topological polar surface area (TPSA) is 21.3 Å². The second-order valence-electron chi connectivity index (χ2n) is 5.40. The molecule has 2 rings (SSSR count). The van der Waals surface area contributed by atoms with Crippen LogP contribution >= 0.6 is 31.9 Å². The molecule has 0 aliphatic heterocycles. The van der Waals surface area contributed by atoms with Gasteiger partial charge in [-0.2, -0.15) is 0 Å². The highest BCUT2D eigenvalue weighted by molar-refractivity contribution is 9.11. The zero-order valence-electron chi connectivity index (χ0n) is 11.5. The molecule has 1 aliphatic carbocycles. The number of rotatable bonds is 5. The van der Waals surface area contributed by atoms with E-state index < -0.39 is 0 Å². The number of hydrogen-bond acceptors (Lipinski definition) is 2. The average molecular weight is 391 g/mol. The summed E-state index contributed by atoms with van der Waals surface area (Å²) in [6, 6.07) is 4.85. The summed E-state index contributed by atoms with van der Waals surface area (Å²) in [5.41, 5.74) is 1.21. The Bertz CT molecular complexity index is 428. The summed E-state index contributed by atoms with van der Waals surface area (Å²) < 4.78 is 8.03. The highest BCUT2D eigenvalue weighted by atomic mass is 79.9. The first-order chi connectivity index (χ1) is 9.06. The van der Waals surface area contributed by atoms with Gasteiger partial charge in [0.25, 0.3) is 0 Å². The summed E-state index contributed by atoms with van der Waals surface area (Å²) >= 11 is 7.15. The van der Waals surface area contributed by atoms with Gasteiger partial charge in [0.15, 0.2) is 0 Å². The Morgan fingerprint density at radius 2 is 1.95 bits per heavy atom. The summed E-state index contributed by atoms with van der Waals surface area (Å²) in [7, 11) is 0. The van der Waals surface area contributed by atoms with E-state index in [4.69, 9.17) is 4.74 Å². The van der Waals surface area contributed by atoms with Crippen LogP contribution in [-0.2, 0) is 6.54 Å². The van der Waals surface area contributed by atoms with Crippen molar-refractivity contribution in [2.45, 2.75) is 58.2 Å². The molecule has 1 N–H and O–H groups in total. The van der Waals surface area contributed by atoms with Gasteiger partial charge in [0.2, 0.25) is 0 Å². The smallest absolute Gasteiger partial charge is 0.138 e. The van der Waals surface area contributed by atoms with Gasteiger partial charge in [-0.05, 0) is 54.8 Å². The predicted octanol–water partition coefficient (Wildman–Crippen LogP) is 5.03. The average Bonchev–Trinajstić information content (AvgIpc) is 2.83. The fourth-order valence-corrected chi connectivity index (χ4v) is 3.90. The maximum atomic E-state index is 5.94. The highest BCUT2D eigenvalue weighted by Crippen LogP contribution is 2.34. The Labute approximate surface area is 132 Å². The van der Waals surface area contributed by atoms with Crippen LogP contribution in [-0.4, -0.2) is 12.1 Å². The van der Waals surface area contributed by atoms with Gasteiger partial charge in [0.05, 0.1) is 10.6 Å². The first-order valence-corrected chi connectivity index (χ1v) is 8.53. The van der Waals surface area contributed by atoms with E-state index in [0.717, 1.165) is 21.2 Å². The van der Waals surface area contributed by atoms with Crippen molar-refractivity contribution in [1.29, 1.82) is 0 Å². The van der Waals surface area contributed by atoms with Crippen molar-refractivity contribution in [3.8, 4) is 5.75 Å². The summed E-state index contributed by atoms with van der Waals surface area (Å²) in [5, 5.41) is 3.64. The molecule has 1 saturated carbocycles. The second-order valence-corrected chi connectivity index (χ2v) is 7.17. The van der Waals surface area contributed by atoms with E-state index in [-0.39, 0.29) is 6.10 Å². The van der Waals surface area contributed by atoms with Crippen molar-refractivity contribution >= 4 is 31.9 Å². The van der Waals surface area contributed by atoms with Gasteiger partial charge in [-0.25, -0.2) is 0 Å². The molecule has 1 aliphatic rings. The SMILES string of the molecule is CC(C)Oc1c(Br)cc(Br)cc1CNC1CCCC1. The van der Waals surface area contributed by atoms with Crippen LogP contribution in [0.2, 0.25) is 0 Å². The minimum absolute atomic E-state index is 0.183. The second kappa shape index (κ2) is 7.09. The first-order valence-electron chi connectivity index (χ1n) is 6.94. The summed E-state index contributed by atoms with van der Waals surface area (Å²) in [6.45, 7) is 4.98. The predicted molar refractivity (Wildman–Crippen MR) is 86.7 cm³/mol. The van der Waals surface area contributed by atoms with Gasteiger partial charge < -0.3 is 10.1 Å². The Morgan fingerprint density at radius 3 is 2.58 bits per heavy atom.